The molecule has 1 aliphatic carbocycles. The van der Waals surface area contributed by atoms with Gasteiger partial charge < -0.3 is 9.31 Å². The highest BCUT2D eigenvalue weighted by Crippen LogP contribution is 2.40. The molecular weight excluding hydrogens is 235 g/mol. The summed E-state index contributed by atoms with van der Waals surface area (Å²) < 4.78 is 12.3. The highest BCUT2D eigenvalue weighted by molar-refractivity contribution is 6.55. The smallest absolute Gasteiger partial charge is 0.400 e. The van der Waals surface area contributed by atoms with E-state index in [1.807, 2.05) is 0 Å². The third kappa shape index (κ3) is 2.15. The van der Waals surface area contributed by atoms with Crippen molar-refractivity contribution in [2.45, 2.75) is 51.7 Å². The quantitative estimate of drug-likeness (QED) is 0.714. The second-order valence-electron chi connectivity index (χ2n) is 6.51. The Balaban J connectivity index is 1.88. The predicted octanol–water partition coefficient (Wildman–Crippen LogP) is 3.65. The van der Waals surface area contributed by atoms with E-state index in [1.165, 1.54) is 16.6 Å². The molecule has 0 radical (unpaired) electrons. The largest absolute Gasteiger partial charge is 0.490 e. The first-order valence-electron chi connectivity index (χ1n) is 7.03. The zero-order valence-corrected chi connectivity index (χ0v) is 12.2. The first-order chi connectivity index (χ1) is 8.89. The average molecular weight is 256 g/mol. The second-order valence-corrected chi connectivity index (χ2v) is 6.51. The molecule has 2 nitrogen and oxygen atoms in total. The van der Waals surface area contributed by atoms with Gasteiger partial charge in [-0.3, -0.25) is 0 Å². The van der Waals surface area contributed by atoms with E-state index in [2.05, 4.69) is 58.0 Å². The van der Waals surface area contributed by atoms with Crippen molar-refractivity contribution in [1.29, 1.82) is 0 Å². The van der Waals surface area contributed by atoms with Crippen LogP contribution < -0.4 is 0 Å². The normalized spacial score (nSPS) is 24.0. The Morgan fingerprint density at radius 1 is 0.947 bits per heavy atom. The molecule has 2 aliphatic rings. The molecule has 0 saturated carbocycles. The molecule has 1 fully saturated rings. The SMILES string of the molecule is CC1(C)OB(C2=Cc3ccccc3CC2)OC1(C)C. The van der Waals surface area contributed by atoms with E-state index < -0.39 is 0 Å². The summed E-state index contributed by atoms with van der Waals surface area (Å²) >= 11 is 0. The molecule has 1 aromatic carbocycles. The van der Waals surface area contributed by atoms with E-state index >= 15 is 0 Å². The van der Waals surface area contributed by atoms with Crippen molar-refractivity contribution in [3.8, 4) is 0 Å². The molecule has 1 aromatic rings. The second kappa shape index (κ2) is 4.22. The fourth-order valence-electron chi connectivity index (χ4n) is 2.63. The first-order valence-corrected chi connectivity index (χ1v) is 7.03. The van der Waals surface area contributed by atoms with Crippen molar-refractivity contribution >= 4 is 13.2 Å². The predicted molar refractivity (Wildman–Crippen MR) is 78.8 cm³/mol. The molecule has 0 spiro atoms. The lowest BCUT2D eigenvalue weighted by atomic mass is 9.71. The number of hydrogen-bond acceptors (Lipinski definition) is 2. The highest BCUT2D eigenvalue weighted by Gasteiger charge is 2.52. The van der Waals surface area contributed by atoms with E-state index in [4.69, 9.17) is 9.31 Å². The highest BCUT2D eigenvalue weighted by atomic mass is 16.7. The van der Waals surface area contributed by atoms with Crippen LogP contribution in [0.2, 0.25) is 0 Å². The van der Waals surface area contributed by atoms with Crippen molar-refractivity contribution in [3.63, 3.8) is 0 Å². The molecule has 0 aromatic heterocycles. The summed E-state index contributed by atoms with van der Waals surface area (Å²) in [5, 5.41) is 0. The number of allylic oxidation sites excluding steroid dienone is 1. The van der Waals surface area contributed by atoms with Crippen LogP contribution in [0, 0.1) is 0 Å². The zero-order chi connectivity index (χ0) is 13.7. The van der Waals surface area contributed by atoms with Gasteiger partial charge in [-0.1, -0.05) is 30.3 Å². The van der Waals surface area contributed by atoms with E-state index in [9.17, 15) is 0 Å². The van der Waals surface area contributed by atoms with Crippen LogP contribution >= 0.6 is 0 Å². The fraction of sp³-hybridized carbons (Fsp3) is 0.500. The summed E-state index contributed by atoms with van der Waals surface area (Å²) in [5.41, 5.74) is 3.48. The average Bonchev–Trinajstić information content (AvgIpc) is 2.58. The van der Waals surface area contributed by atoms with Gasteiger partial charge in [-0.25, -0.2) is 0 Å². The molecule has 3 heteroatoms. The van der Waals surface area contributed by atoms with Gasteiger partial charge in [0.05, 0.1) is 11.2 Å². The van der Waals surface area contributed by atoms with E-state index in [1.54, 1.807) is 0 Å². The van der Waals surface area contributed by atoms with Crippen LogP contribution in [-0.4, -0.2) is 18.3 Å². The summed E-state index contributed by atoms with van der Waals surface area (Å²) in [6.45, 7) is 8.41. The number of rotatable bonds is 1. The Morgan fingerprint density at radius 3 is 2.26 bits per heavy atom. The van der Waals surface area contributed by atoms with Crippen LogP contribution in [-0.2, 0) is 15.7 Å². The Hall–Kier alpha value is -1.06. The van der Waals surface area contributed by atoms with Crippen molar-refractivity contribution in [2.75, 3.05) is 0 Å². The van der Waals surface area contributed by atoms with E-state index in [0.29, 0.717) is 0 Å². The lowest BCUT2D eigenvalue weighted by Gasteiger charge is -2.32. The van der Waals surface area contributed by atoms with Gasteiger partial charge in [-0.2, -0.15) is 0 Å². The van der Waals surface area contributed by atoms with Gasteiger partial charge in [0.1, 0.15) is 0 Å². The van der Waals surface area contributed by atoms with Crippen LogP contribution in [0.25, 0.3) is 6.08 Å². The maximum atomic E-state index is 6.13. The van der Waals surface area contributed by atoms with Gasteiger partial charge in [0.15, 0.2) is 0 Å². The lowest BCUT2D eigenvalue weighted by molar-refractivity contribution is 0.00578. The van der Waals surface area contributed by atoms with Crippen molar-refractivity contribution in [3.05, 3.63) is 40.9 Å². The van der Waals surface area contributed by atoms with Crippen molar-refractivity contribution < 1.29 is 9.31 Å². The molecule has 0 N–H and O–H groups in total. The standard InChI is InChI=1S/C16H21BO2/c1-15(2)16(3,4)19-17(18-15)14-10-9-12-7-5-6-8-13(12)11-14/h5-8,11H,9-10H2,1-4H3. The molecule has 3 rings (SSSR count). The van der Waals surface area contributed by atoms with Crippen LogP contribution in [0.5, 0.6) is 0 Å². The minimum absolute atomic E-state index is 0.196. The van der Waals surface area contributed by atoms with Crippen molar-refractivity contribution in [2.24, 2.45) is 0 Å². The lowest BCUT2D eigenvalue weighted by Crippen LogP contribution is -2.41. The van der Waals surface area contributed by atoms with E-state index in [0.717, 1.165) is 12.8 Å². The molecule has 0 amide bonds. The Morgan fingerprint density at radius 2 is 1.58 bits per heavy atom. The Kier molecular flexibility index (Phi) is 2.88. The van der Waals surface area contributed by atoms with Gasteiger partial charge >= 0.3 is 7.12 Å². The number of fused-ring (bicyclic) bond motifs is 1. The van der Waals surface area contributed by atoms with Crippen LogP contribution in [0.3, 0.4) is 0 Å². The summed E-state index contributed by atoms with van der Waals surface area (Å²) in [6.07, 6.45) is 4.33. The van der Waals surface area contributed by atoms with Gasteiger partial charge in [0.2, 0.25) is 0 Å². The summed E-state index contributed by atoms with van der Waals surface area (Å²) in [5.74, 6) is 0. The topological polar surface area (TPSA) is 18.5 Å². The maximum Gasteiger partial charge on any atom is 0.490 e. The van der Waals surface area contributed by atoms with Crippen LogP contribution in [0.4, 0.5) is 0 Å². The molecule has 100 valence electrons. The minimum atomic E-state index is -0.254. The third-order valence-electron chi connectivity index (χ3n) is 4.64. The van der Waals surface area contributed by atoms with Crippen molar-refractivity contribution in [1.82, 2.24) is 0 Å². The zero-order valence-electron chi connectivity index (χ0n) is 12.2. The van der Waals surface area contributed by atoms with Crippen LogP contribution in [0.15, 0.2) is 29.7 Å². The Bertz CT molecular complexity index is 515. The Labute approximate surface area is 115 Å². The molecule has 1 heterocycles. The summed E-state index contributed by atoms with van der Waals surface area (Å²) in [4.78, 5) is 0. The van der Waals surface area contributed by atoms with Gasteiger partial charge in [-0.05, 0) is 57.1 Å². The monoisotopic (exact) mass is 256 g/mol. The van der Waals surface area contributed by atoms with Gasteiger partial charge in [0, 0.05) is 0 Å². The minimum Gasteiger partial charge on any atom is -0.400 e. The third-order valence-corrected chi connectivity index (χ3v) is 4.64. The van der Waals surface area contributed by atoms with Crippen LogP contribution in [0.1, 0.15) is 45.2 Å². The number of hydrogen-bond donors (Lipinski definition) is 0. The van der Waals surface area contributed by atoms with Gasteiger partial charge in [0.25, 0.3) is 0 Å². The number of benzene rings is 1. The molecule has 0 bridgehead atoms. The molecule has 19 heavy (non-hydrogen) atoms. The molecule has 0 atom stereocenters. The first kappa shape index (κ1) is 13.0. The maximum absolute atomic E-state index is 6.13. The number of aryl methyl sites for hydroxylation is 1. The van der Waals surface area contributed by atoms with E-state index in [-0.39, 0.29) is 18.3 Å². The summed E-state index contributed by atoms with van der Waals surface area (Å²) in [7, 11) is -0.196. The summed E-state index contributed by atoms with van der Waals surface area (Å²) in [6, 6.07) is 8.56. The molecule has 1 aliphatic heterocycles. The molecule has 1 saturated heterocycles. The fourth-order valence-corrected chi connectivity index (χ4v) is 2.63. The molecular formula is C16H21BO2. The molecule has 0 unspecified atom stereocenters. The van der Waals surface area contributed by atoms with Gasteiger partial charge in [-0.15, -0.1) is 0 Å².